The highest BCUT2D eigenvalue weighted by Gasteiger charge is 2.21. The highest BCUT2D eigenvalue weighted by Crippen LogP contribution is 2.27. The summed E-state index contributed by atoms with van der Waals surface area (Å²) >= 11 is 1.31. The Morgan fingerprint density at radius 2 is 2.20 bits per heavy atom. The molecule has 20 heavy (non-hydrogen) atoms. The summed E-state index contributed by atoms with van der Waals surface area (Å²) in [5.41, 5.74) is 5.75. The summed E-state index contributed by atoms with van der Waals surface area (Å²) in [5, 5.41) is 6.95. The van der Waals surface area contributed by atoms with Crippen molar-refractivity contribution in [3.8, 4) is 0 Å². The molecular weight excluding hydrogens is 272 g/mol. The van der Waals surface area contributed by atoms with E-state index in [4.69, 9.17) is 5.73 Å². The molecule has 0 bridgehead atoms. The molecule has 6 heteroatoms. The Morgan fingerprint density at radius 3 is 2.80 bits per heavy atom. The van der Waals surface area contributed by atoms with Gasteiger partial charge >= 0.3 is 0 Å². The minimum Gasteiger partial charge on any atom is -0.382 e. The van der Waals surface area contributed by atoms with Crippen LogP contribution in [-0.2, 0) is 0 Å². The maximum Gasteiger partial charge on any atom is 0.265 e. The van der Waals surface area contributed by atoms with Gasteiger partial charge in [-0.25, -0.2) is 4.98 Å². The Kier molecular flexibility index (Phi) is 4.32. The third kappa shape index (κ3) is 3.96. The fourth-order valence-electron chi connectivity index (χ4n) is 2.04. The van der Waals surface area contributed by atoms with Crippen LogP contribution in [0.1, 0.15) is 49.7 Å². The molecule has 5 nitrogen and oxygen atoms in total. The van der Waals surface area contributed by atoms with Gasteiger partial charge < -0.3 is 16.4 Å². The highest BCUT2D eigenvalue weighted by molar-refractivity contribution is 7.18. The number of nitrogens with one attached hydrogen (secondary N) is 2. The van der Waals surface area contributed by atoms with E-state index in [9.17, 15) is 4.79 Å². The van der Waals surface area contributed by atoms with Gasteiger partial charge in [-0.3, -0.25) is 4.79 Å². The lowest BCUT2D eigenvalue weighted by molar-refractivity contribution is 0.0939. The van der Waals surface area contributed by atoms with Crippen molar-refractivity contribution >= 4 is 28.2 Å². The summed E-state index contributed by atoms with van der Waals surface area (Å²) in [6.45, 7) is 6.12. The molecule has 1 aliphatic rings. The number of amides is 1. The number of nitrogens with zero attached hydrogens (tertiary/aromatic N) is 1. The third-order valence-electron chi connectivity index (χ3n) is 2.95. The fraction of sp³-hybridized carbons (Fsp3) is 0.571. The highest BCUT2D eigenvalue weighted by atomic mass is 32.1. The van der Waals surface area contributed by atoms with Gasteiger partial charge in [0.1, 0.15) is 10.7 Å². The lowest BCUT2D eigenvalue weighted by Gasteiger charge is -2.19. The lowest BCUT2D eigenvalue weighted by Crippen LogP contribution is -2.35. The van der Waals surface area contributed by atoms with Crippen molar-refractivity contribution in [3.05, 3.63) is 17.0 Å². The van der Waals surface area contributed by atoms with Crippen LogP contribution in [-0.4, -0.2) is 22.5 Å². The van der Waals surface area contributed by atoms with E-state index in [2.05, 4.69) is 27.8 Å². The molecule has 1 aromatic rings. The largest absolute Gasteiger partial charge is 0.382 e. The second-order valence-electron chi connectivity index (χ2n) is 6.06. The van der Waals surface area contributed by atoms with Crippen LogP contribution < -0.4 is 16.4 Å². The SMILES string of the molecule is CC(C)(C)Nc1nc(N)c(C(=O)NC2CC=CCC2)s1. The molecule has 4 N–H and O–H groups in total. The molecule has 1 atom stereocenters. The molecule has 0 saturated heterocycles. The molecule has 0 aromatic carbocycles. The number of anilines is 2. The molecule has 1 aromatic heterocycles. The number of thiazole rings is 1. The Bertz CT molecular complexity index is 516. The Balaban J connectivity index is 2.04. The van der Waals surface area contributed by atoms with Crippen LogP contribution in [0, 0.1) is 0 Å². The second-order valence-corrected chi connectivity index (χ2v) is 7.06. The van der Waals surface area contributed by atoms with Gasteiger partial charge in [0.05, 0.1) is 0 Å². The van der Waals surface area contributed by atoms with E-state index in [1.165, 1.54) is 11.3 Å². The number of hydrogen-bond acceptors (Lipinski definition) is 5. The van der Waals surface area contributed by atoms with Crippen LogP contribution >= 0.6 is 11.3 Å². The summed E-state index contributed by atoms with van der Waals surface area (Å²) in [7, 11) is 0. The maximum atomic E-state index is 12.2. The smallest absolute Gasteiger partial charge is 0.265 e. The van der Waals surface area contributed by atoms with Crippen molar-refractivity contribution in [2.75, 3.05) is 11.1 Å². The zero-order valence-corrected chi connectivity index (χ0v) is 13.0. The Hall–Kier alpha value is -1.56. The summed E-state index contributed by atoms with van der Waals surface area (Å²) in [6.07, 6.45) is 7.14. The predicted molar refractivity (Wildman–Crippen MR) is 84.1 cm³/mol. The molecule has 1 aliphatic carbocycles. The monoisotopic (exact) mass is 294 g/mol. The number of aromatic nitrogens is 1. The van der Waals surface area contributed by atoms with Gasteiger partial charge in [-0.2, -0.15) is 0 Å². The van der Waals surface area contributed by atoms with Crippen molar-refractivity contribution in [2.24, 2.45) is 0 Å². The van der Waals surface area contributed by atoms with Gasteiger partial charge in [0, 0.05) is 11.6 Å². The van der Waals surface area contributed by atoms with Crippen molar-refractivity contribution < 1.29 is 4.79 Å². The predicted octanol–water partition coefficient (Wildman–Crippen LogP) is 2.77. The first-order valence-electron chi connectivity index (χ1n) is 6.85. The zero-order valence-electron chi connectivity index (χ0n) is 12.2. The standard InChI is InChI=1S/C14H22N4OS/c1-14(2,3)18-13-17-11(15)10(20-13)12(19)16-9-7-5-4-6-8-9/h4-5,9H,6-8,15H2,1-3H3,(H,16,19)(H,17,18). The molecule has 0 aliphatic heterocycles. The van der Waals surface area contributed by atoms with Gasteiger partial charge in [-0.15, -0.1) is 0 Å². The first-order valence-corrected chi connectivity index (χ1v) is 7.67. The summed E-state index contributed by atoms with van der Waals surface area (Å²) in [6, 6.07) is 0.202. The average molecular weight is 294 g/mol. The summed E-state index contributed by atoms with van der Waals surface area (Å²) in [5.74, 6) is 0.174. The number of carbonyl (C=O) groups excluding carboxylic acids is 1. The van der Waals surface area contributed by atoms with Crippen molar-refractivity contribution in [3.63, 3.8) is 0 Å². The van der Waals surface area contributed by atoms with E-state index in [1.54, 1.807) is 0 Å². The van der Waals surface area contributed by atoms with Gasteiger partial charge in [0.25, 0.3) is 5.91 Å². The van der Waals surface area contributed by atoms with Crippen molar-refractivity contribution in [1.82, 2.24) is 10.3 Å². The van der Waals surface area contributed by atoms with E-state index < -0.39 is 0 Å². The number of nitrogen functional groups attached to an aromatic ring is 1. The second kappa shape index (κ2) is 5.83. The van der Waals surface area contributed by atoms with Crippen molar-refractivity contribution in [2.45, 2.75) is 51.6 Å². The van der Waals surface area contributed by atoms with E-state index in [-0.39, 0.29) is 17.5 Å². The number of rotatable bonds is 3. The lowest BCUT2D eigenvalue weighted by atomic mass is 10.0. The minimum atomic E-state index is -0.123. The maximum absolute atomic E-state index is 12.2. The van der Waals surface area contributed by atoms with Crippen LogP contribution in [0.25, 0.3) is 0 Å². The molecule has 1 amide bonds. The normalized spacial score (nSPS) is 18.9. The van der Waals surface area contributed by atoms with E-state index in [1.807, 2.05) is 20.8 Å². The fourth-order valence-corrected chi connectivity index (χ4v) is 3.04. The average Bonchev–Trinajstić information content (AvgIpc) is 2.69. The van der Waals surface area contributed by atoms with E-state index in [0.717, 1.165) is 19.3 Å². The van der Waals surface area contributed by atoms with Gasteiger partial charge in [0.15, 0.2) is 5.13 Å². The van der Waals surface area contributed by atoms with E-state index in [0.29, 0.717) is 15.8 Å². The Labute approximate surface area is 123 Å². The molecule has 1 unspecified atom stereocenters. The molecule has 0 fully saturated rings. The number of nitrogens with two attached hydrogens (primary N) is 1. The number of allylic oxidation sites excluding steroid dienone is 1. The van der Waals surface area contributed by atoms with Gasteiger partial charge in [0.2, 0.25) is 0 Å². The summed E-state index contributed by atoms with van der Waals surface area (Å²) in [4.78, 5) is 17.0. The molecule has 1 heterocycles. The summed E-state index contributed by atoms with van der Waals surface area (Å²) < 4.78 is 0. The molecule has 110 valence electrons. The molecular formula is C14H22N4OS. The quantitative estimate of drug-likeness (QED) is 0.749. The Morgan fingerprint density at radius 1 is 1.45 bits per heavy atom. The first kappa shape index (κ1) is 14.8. The number of hydrogen-bond donors (Lipinski definition) is 3. The van der Waals surface area contributed by atoms with Crippen LogP contribution in [0.15, 0.2) is 12.2 Å². The van der Waals surface area contributed by atoms with Crippen molar-refractivity contribution in [1.29, 1.82) is 0 Å². The van der Waals surface area contributed by atoms with Gasteiger partial charge in [-0.1, -0.05) is 23.5 Å². The minimum absolute atomic E-state index is 0.105. The van der Waals surface area contributed by atoms with Crippen LogP contribution in [0.3, 0.4) is 0 Å². The van der Waals surface area contributed by atoms with Crippen LogP contribution in [0.4, 0.5) is 10.9 Å². The zero-order chi connectivity index (χ0) is 14.8. The number of carbonyl (C=O) groups is 1. The van der Waals surface area contributed by atoms with Gasteiger partial charge in [-0.05, 0) is 40.0 Å². The topological polar surface area (TPSA) is 80.0 Å². The van der Waals surface area contributed by atoms with Crippen LogP contribution in [0.2, 0.25) is 0 Å². The molecule has 0 saturated carbocycles. The first-order chi connectivity index (χ1) is 9.35. The van der Waals surface area contributed by atoms with Crippen LogP contribution in [0.5, 0.6) is 0 Å². The van der Waals surface area contributed by atoms with E-state index >= 15 is 0 Å². The molecule has 0 radical (unpaired) electrons. The molecule has 0 spiro atoms. The third-order valence-corrected chi connectivity index (χ3v) is 3.93. The molecule has 2 rings (SSSR count).